The zero-order chi connectivity index (χ0) is 18.1. The van der Waals surface area contributed by atoms with Crippen molar-refractivity contribution in [3.63, 3.8) is 0 Å². The number of carbonyl (C=O) groups is 2. The Morgan fingerprint density at radius 1 is 1.23 bits per heavy atom. The molecule has 26 heavy (non-hydrogen) atoms. The molecule has 1 aliphatic heterocycles. The zero-order valence-electron chi connectivity index (χ0n) is 14.1. The van der Waals surface area contributed by atoms with E-state index in [1.54, 1.807) is 0 Å². The molecule has 7 heteroatoms. The average molecular weight is 416 g/mol. The van der Waals surface area contributed by atoms with Gasteiger partial charge in [-0.2, -0.15) is 0 Å². The van der Waals surface area contributed by atoms with Crippen LogP contribution in [0.4, 0.5) is 0 Å². The quantitative estimate of drug-likeness (QED) is 0.808. The first-order valence-corrected chi connectivity index (χ1v) is 9.45. The molecule has 134 valence electrons. The van der Waals surface area contributed by atoms with Crippen molar-refractivity contribution in [1.29, 1.82) is 0 Å². The van der Waals surface area contributed by atoms with Crippen molar-refractivity contribution in [1.82, 2.24) is 15.2 Å². The molecule has 0 amide bonds. The zero-order valence-corrected chi connectivity index (χ0v) is 15.7. The van der Waals surface area contributed by atoms with E-state index in [-0.39, 0.29) is 34.6 Å². The second kappa shape index (κ2) is 7.17. The Morgan fingerprint density at radius 2 is 2.04 bits per heavy atom. The van der Waals surface area contributed by atoms with E-state index in [0.717, 1.165) is 24.1 Å². The molecular weight excluding hydrogens is 398 g/mol. The number of likely N-dealkylation sites (tertiary alicyclic amines) is 1. The molecule has 2 aromatic rings. The number of hydrogen-bond acceptors (Lipinski definition) is 6. The second-order valence-corrected chi connectivity index (χ2v) is 7.35. The van der Waals surface area contributed by atoms with Crippen molar-refractivity contribution in [3.8, 4) is 11.5 Å². The Balaban J connectivity index is 1.51. The lowest BCUT2D eigenvalue weighted by Gasteiger charge is -2.17. The molecule has 6 nitrogen and oxygen atoms in total. The van der Waals surface area contributed by atoms with E-state index >= 15 is 0 Å². The molecule has 1 N–H and O–H groups in total. The Bertz CT molecular complexity index is 897. The summed E-state index contributed by atoms with van der Waals surface area (Å²) in [5, 5.41) is 3.09. The molecule has 0 spiro atoms. The van der Waals surface area contributed by atoms with Crippen LogP contribution in [0.1, 0.15) is 33.9 Å². The molecule has 1 aromatic carbocycles. The van der Waals surface area contributed by atoms with E-state index in [2.05, 4.69) is 31.1 Å². The number of aromatic nitrogens is 1. The van der Waals surface area contributed by atoms with Crippen molar-refractivity contribution in [2.45, 2.75) is 12.8 Å². The summed E-state index contributed by atoms with van der Waals surface area (Å²) in [4.78, 5) is 31.6. The van der Waals surface area contributed by atoms with Gasteiger partial charge in [0.05, 0.1) is 5.70 Å². The lowest BCUT2D eigenvalue weighted by molar-refractivity contribution is 0.0960. The summed E-state index contributed by atoms with van der Waals surface area (Å²) in [6.45, 7) is 3.67. The van der Waals surface area contributed by atoms with E-state index in [1.165, 1.54) is 18.9 Å². The third-order valence-electron chi connectivity index (χ3n) is 4.60. The SMILES string of the molecule is O=C1C(NCCN2CCCC2)=CC(=O)c2oc(-c3cccc(Br)c3)nc21. The van der Waals surface area contributed by atoms with Crippen LogP contribution in [-0.4, -0.2) is 47.6 Å². The van der Waals surface area contributed by atoms with Crippen LogP contribution in [-0.2, 0) is 0 Å². The standard InChI is InChI=1S/C19H18BrN3O3/c20-13-5-3-4-12(10-13)19-22-16-17(25)14(11-15(24)18(16)26-19)21-6-9-23-7-1-2-8-23/h3-5,10-11,21H,1-2,6-9H2. The number of nitrogens with one attached hydrogen (secondary N) is 1. The predicted molar refractivity (Wildman–Crippen MR) is 100 cm³/mol. The first-order chi connectivity index (χ1) is 12.6. The molecule has 4 rings (SSSR count). The molecule has 1 fully saturated rings. The van der Waals surface area contributed by atoms with Gasteiger partial charge >= 0.3 is 0 Å². The number of nitrogens with zero attached hydrogens (tertiary/aromatic N) is 2. The maximum atomic E-state index is 12.7. The molecular formula is C19H18BrN3O3. The number of carbonyl (C=O) groups excluding carboxylic acids is 2. The van der Waals surface area contributed by atoms with Crippen molar-refractivity contribution in [3.05, 3.63) is 52.0 Å². The highest BCUT2D eigenvalue weighted by Gasteiger charge is 2.32. The fourth-order valence-corrected chi connectivity index (χ4v) is 3.66. The number of oxazole rings is 1. The van der Waals surface area contributed by atoms with Gasteiger partial charge in [-0.3, -0.25) is 9.59 Å². The Morgan fingerprint density at radius 3 is 2.81 bits per heavy atom. The smallest absolute Gasteiger partial charge is 0.231 e. The first-order valence-electron chi connectivity index (χ1n) is 8.65. The molecule has 1 saturated heterocycles. The normalized spacial score (nSPS) is 17.3. The third kappa shape index (κ3) is 3.37. The van der Waals surface area contributed by atoms with E-state index < -0.39 is 0 Å². The summed E-state index contributed by atoms with van der Waals surface area (Å²) in [5.74, 6) is -0.358. The number of allylic oxidation sites excluding steroid dienone is 2. The molecule has 2 heterocycles. The number of benzene rings is 1. The minimum absolute atomic E-state index is 0.00932. The third-order valence-corrected chi connectivity index (χ3v) is 5.09. The van der Waals surface area contributed by atoms with Gasteiger partial charge in [0.15, 0.2) is 5.69 Å². The molecule has 0 saturated carbocycles. The molecule has 0 bridgehead atoms. The van der Waals surface area contributed by atoms with Gasteiger partial charge < -0.3 is 14.6 Å². The van der Waals surface area contributed by atoms with Crippen LogP contribution < -0.4 is 5.32 Å². The van der Waals surface area contributed by atoms with Gasteiger partial charge in [0, 0.05) is 29.2 Å². The monoisotopic (exact) mass is 415 g/mol. The van der Waals surface area contributed by atoms with E-state index in [1.807, 2.05) is 24.3 Å². The number of halogens is 1. The van der Waals surface area contributed by atoms with Gasteiger partial charge in [-0.1, -0.05) is 22.0 Å². The summed E-state index contributed by atoms with van der Waals surface area (Å²) in [7, 11) is 0. The Kier molecular flexibility index (Phi) is 4.74. The summed E-state index contributed by atoms with van der Waals surface area (Å²) in [6.07, 6.45) is 3.76. The van der Waals surface area contributed by atoms with Gasteiger partial charge in [-0.25, -0.2) is 4.98 Å². The summed E-state index contributed by atoms with van der Waals surface area (Å²) < 4.78 is 6.45. The number of fused-ring (bicyclic) bond motifs is 1. The molecule has 1 aliphatic carbocycles. The van der Waals surface area contributed by atoms with Crippen LogP contribution in [0.15, 0.2) is 44.9 Å². The maximum absolute atomic E-state index is 12.7. The maximum Gasteiger partial charge on any atom is 0.231 e. The van der Waals surface area contributed by atoms with Gasteiger partial charge in [-0.15, -0.1) is 0 Å². The van der Waals surface area contributed by atoms with Gasteiger partial charge in [-0.05, 0) is 44.1 Å². The fourth-order valence-electron chi connectivity index (χ4n) is 3.26. The van der Waals surface area contributed by atoms with Gasteiger partial charge in [0.1, 0.15) is 0 Å². The van der Waals surface area contributed by atoms with E-state index in [9.17, 15) is 9.59 Å². The lowest BCUT2D eigenvalue weighted by atomic mass is 10.0. The Hall–Kier alpha value is -2.25. The first kappa shape index (κ1) is 17.2. The van der Waals surface area contributed by atoms with Crippen molar-refractivity contribution >= 4 is 27.5 Å². The summed E-state index contributed by atoms with van der Waals surface area (Å²) in [5.41, 5.74) is 1.07. The van der Waals surface area contributed by atoms with Crippen LogP contribution in [0.3, 0.4) is 0 Å². The number of rotatable bonds is 5. The minimum Gasteiger partial charge on any atom is -0.432 e. The van der Waals surface area contributed by atoms with Crippen LogP contribution in [0.2, 0.25) is 0 Å². The lowest BCUT2D eigenvalue weighted by Crippen LogP contribution is -2.33. The largest absolute Gasteiger partial charge is 0.432 e. The summed E-state index contributed by atoms with van der Waals surface area (Å²) >= 11 is 3.39. The number of Topliss-reactive ketones (excluding diaryl/α,β-unsaturated/α-hetero) is 1. The number of ketones is 2. The highest BCUT2D eigenvalue weighted by atomic mass is 79.9. The van der Waals surface area contributed by atoms with Gasteiger partial charge in [0.2, 0.25) is 23.2 Å². The van der Waals surface area contributed by atoms with Crippen LogP contribution in [0.25, 0.3) is 11.5 Å². The van der Waals surface area contributed by atoms with Crippen LogP contribution >= 0.6 is 15.9 Å². The topological polar surface area (TPSA) is 75.4 Å². The van der Waals surface area contributed by atoms with Gasteiger partial charge in [0.25, 0.3) is 0 Å². The minimum atomic E-state index is -0.336. The molecule has 1 aromatic heterocycles. The number of hydrogen-bond donors (Lipinski definition) is 1. The van der Waals surface area contributed by atoms with Crippen molar-refractivity contribution < 1.29 is 14.0 Å². The van der Waals surface area contributed by atoms with Crippen molar-refractivity contribution in [2.24, 2.45) is 0 Å². The fraction of sp³-hybridized carbons (Fsp3) is 0.316. The predicted octanol–water partition coefficient (Wildman–Crippen LogP) is 3.05. The average Bonchev–Trinajstić information content (AvgIpc) is 3.29. The van der Waals surface area contributed by atoms with Crippen molar-refractivity contribution in [2.75, 3.05) is 26.2 Å². The highest BCUT2D eigenvalue weighted by Crippen LogP contribution is 2.28. The molecule has 0 unspecified atom stereocenters. The van der Waals surface area contributed by atoms with E-state index in [0.29, 0.717) is 12.1 Å². The highest BCUT2D eigenvalue weighted by molar-refractivity contribution is 9.10. The van der Waals surface area contributed by atoms with E-state index in [4.69, 9.17) is 4.42 Å². The molecule has 0 radical (unpaired) electrons. The van der Waals surface area contributed by atoms with Crippen LogP contribution in [0.5, 0.6) is 0 Å². The summed E-state index contributed by atoms with van der Waals surface area (Å²) in [6, 6.07) is 7.37. The second-order valence-electron chi connectivity index (χ2n) is 6.43. The molecule has 0 atom stereocenters. The van der Waals surface area contributed by atoms with Crippen LogP contribution in [0, 0.1) is 0 Å². The molecule has 2 aliphatic rings. The Labute approximate surface area is 159 Å².